The molecular formula is C9H21ClSn. The second-order valence-electron chi connectivity index (χ2n) is 3.30. The van der Waals surface area contributed by atoms with Gasteiger partial charge in [-0.1, -0.05) is 0 Å². The zero-order valence-corrected chi connectivity index (χ0v) is 12.0. The van der Waals surface area contributed by atoms with Gasteiger partial charge in [-0.3, -0.25) is 0 Å². The van der Waals surface area contributed by atoms with Crippen molar-refractivity contribution in [3.8, 4) is 0 Å². The van der Waals surface area contributed by atoms with E-state index in [1.54, 1.807) is 8.87 Å². The molecule has 0 spiro atoms. The Bertz CT molecular complexity index is 68.0. The van der Waals surface area contributed by atoms with Gasteiger partial charge in [-0.15, -0.1) is 0 Å². The van der Waals surface area contributed by atoms with Crippen LogP contribution in [0.2, 0.25) is 8.87 Å². The van der Waals surface area contributed by atoms with Gasteiger partial charge in [-0.2, -0.15) is 0 Å². The first-order chi connectivity index (χ1) is 5.35. The van der Waals surface area contributed by atoms with Crippen molar-refractivity contribution in [2.75, 3.05) is 3.90 Å². The van der Waals surface area contributed by atoms with Crippen molar-refractivity contribution in [1.82, 2.24) is 0 Å². The number of hydrogen-bond donors (Lipinski definition) is 0. The van der Waals surface area contributed by atoms with Crippen molar-refractivity contribution in [2.45, 2.75) is 48.4 Å². The van der Waals surface area contributed by atoms with E-state index in [-0.39, 0.29) is 0 Å². The van der Waals surface area contributed by atoms with E-state index in [0.29, 0.717) is 0 Å². The Morgan fingerprint density at radius 3 is 1.73 bits per heavy atom. The van der Waals surface area contributed by atoms with Crippen LogP contribution in [0.4, 0.5) is 0 Å². The Kier molecular flexibility index (Phi) is 10.1. The van der Waals surface area contributed by atoms with Crippen LogP contribution in [-0.2, 0) is 0 Å². The molecule has 0 rings (SSSR count). The maximum atomic E-state index is 5.93. The molecule has 0 heterocycles. The van der Waals surface area contributed by atoms with Crippen molar-refractivity contribution in [2.24, 2.45) is 0 Å². The molecule has 0 unspecified atom stereocenters. The first-order valence-electron chi connectivity index (χ1n) is 4.91. The van der Waals surface area contributed by atoms with Gasteiger partial charge in [-0.25, -0.2) is 0 Å². The molecule has 0 aliphatic carbocycles. The summed E-state index contributed by atoms with van der Waals surface area (Å²) in [6, 6.07) is 0. The molecule has 0 N–H and O–H groups in total. The number of halogens is 1. The predicted octanol–water partition coefficient (Wildman–Crippen LogP) is 3.59. The summed E-state index contributed by atoms with van der Waals surface area (Å²) in [5.74, 6) is 0. The molecule has 0 radical (unpaired) electrons. The van der Waals surface area contributed by atoms with E-state index in [1.165, 1.54) is 25.7 Å². The molecule has 0 atom stereocenters. The van der Waals surface area contributed by atoms with Crippen LogP contribution in [0.15, 0.2) is 0 Å². The van der Waals surface area contributed by atoms with Crippen molar-refractivity contribution in [3.05, 3.63) is 0 Å². The molecule has 0 saturated carbocycles. The molecule has 0 aromatic rings. The van der Waals surface area contributed by atoms with Gasteiger partial charge < -0.3 is 0 Å². The SMILES string of the molecule is CCC[CH2][SnH]([CH2]Cl)[CH2]CCC. The summed E-state index contributed by atoms with van der Waals surface area (Å²) >= 11 is 4.80. The molecular weight excluding hydrogens is 262 g/mol. The van der Waals surface area contributed by atoms with E-state index >= 15 is 0 Å². The van der Waals surface area contributed by atoms with E-state index in [2.05, 4.69) is 13.8 Å². The van der Waals surface area contributed by atoms with Gasteiger partial charge in [0.2, 0.25) is 0 Å². The fourth-order valence-electron chi connectivity index (χ4n) is 1.28. The summed E-state index contributed by atoms with van der Waals surface area (Å²) in [5.41, 5.74) is 0. The number of hydrogen-bond acceptors (Lipinski definition) is 0. The third-order valence-electron chi connectivity index (χ3n) is 2.15. The third kappa shape index (κ3) is 7.45. The van der Waals surface area contributed by atoms with Crippen molar-refractivity contribution < 1.29 is 0 Å². The van der Waals surface area contributed by atoms with Crippen LogP contribution in [0, 0.1) is 0 Å². The summed E-state index contributed by atoms with van der Waals surface area (Å²) < 4.78 is 4.16. The van der Waals surface area contributed by atoms with Crippen LogP contribution in [0.25, 0.3) is 0 Å². The molecule has 0 aromatic carbocycles. The molecule has 0 fully saturated rings. The first-order valence-corrected chi connectivity index (χ1v) is 12.4. The monoisotopic (exact) mass is 284 g/mol. The molecule has 0 nitrogen and oxygen atoms in total. The molecule has 11 heavy (non-hydrogen) atoms. The van der Waals surface area contributed by atoms with E-state index in [1.807, 2.05) is 0 Å². The van der Waals surface area contributed by atoms with Crippen LogP contribution in [-0.4, -0.2) is 23.7 Å². The normalized spacial score (nSPS) is 10.9. The molecule has 0 amide bonds. The second kappa shape index (κ2) is 9.18. The molecule has 0 aliphatic rings. The van der Waals surface area contributed by atoms with Crippen molar-refractivity contribution in [3.63, 3.8) is 0 Å². The van der Waals surface area contributed by atoms with E-state index < -0.39 is 19.8 Å². The molecule has 0 bridgehead atoms. The fourth-order valence-corrected chi connectivity index (χ4v) is 10.7. The van der Waals surface area contributed by atoms with Gasteiger partial charge in [0.1, 0.15) is 0 Å². The molecule has 68 valence electrons. The Labute approximate surface area is 83.4 Å². The zero-order chi connectivity index (χ0) is 8.53. The molecule has 0 aromatic heterocycles. The summed E-state index contributed by atoms with van der Waals surface area (Å²) in [7, 11) is 0. The second-order valence-corrected chi connectivity index (χ2v) is 14.5. The minimum atomic E-state index is -1.13. The molecule has 2 heteroatoms. The van der Waals surface area contributed by atoms with Gasteiger partial charge >= 0.3 is 83.7 Å². The standard InChI is InChI=1S/2C4H9.CH2Cl.Sn.H/c2*1-3-4-2;1-2;;/h2*1,3-4H2,2H3;1H2;;. The van der Waals surface area contributed by atoms with E-state index in [9.17, 15) is 0 Å². The molecule has 0 aliphatic heterocycles. The van der Waals surface area contributed by atoms with Crippen LogP contribution < -0.4 is 0 Å². The van der Waals surface area contributed by atoms with E-state index in [4.69, 9.17) is 11.6 Å². The Morgan fingerprint density at radius 1 is 1.00 bits per heavy atom. The fraction of sp³-hybridized carbons (Fsp3) is 1.00. The zero-order valence-electron chi connectivity index (χ0n) is 7.91. The van der Waals surface area contributed by atoms with Crippen LogP contribution in [0.5, 0.6) is 0 Å². The van der Waals surface area contributed by atoms with Crippen LogP contribution >= 0.6 is 11.6 Å². The van der Waals surface area contributed by atoms with Crippen LogP contribution in [0.3, 0.4) is 0 Å². The van der Waals surface area contributed by atoms with Gasteiger partial charge in [0.05, 0.1) is 0 Å². The van der Waals surface area contributed by atoms with Gasteiger partial charge in [0.15, 0.2) is 0 Å². The van der Waals surface area contributed by atoms with Crippen molar-refractivity contribution in [1.29, 1.82) is 0 Å². The van der Waals surface area contributed by atoms with Gasteiger partial charge in [-0.05, 0) is 0 Å². The number of rotatable bonds is 7. The average Bonchev–Trinajstić information content (AvgIpc) is 2.05. The summed E-state index contributed by atoms with van der Waals surface area (Å²) in [6.07, 6.45) is 5.60. The Hall–Kier alpha value is 1.09. The summed E-state index contributed by atoms with van der Waals surface area (Å²) in [5, 5.41) is 0. The average molecular weight is 283 g/mol. The number of unbranched alkanes of at least 4 members (excludes halogenated alkanes) is 2. The predicted molar refractivity (Wildman–Crippen MR) is 57.3 cm³/mol. The minimum absolute atomic E-state index is 1.07. The first kappa shape index (κ1) is 12.1. The Morgan fingerprint density at radius 2 is 1.45 bits per heavy atom. The van der Waals surface area contributed by atoms with Gasteiger partial charge in [0.25, 0.3) is 0 Å². The summed E-state index contributed by atoms with van der Waals surface area (Å²) in [4.78, 5) is 0. The third-order valence-corrected chi connectivity index (χ3v) is 13.3. The summed E-state index contributed by atoms with van der Waals surface area (Å²) in [6.45, 7) is 4.55. The van der Waals surface area contributed by atoms with Crippen molar-refractivity contribution >= 4 is 31.4 Å². The topological polar surface area (TPSA) is 0 Å². The Balaban J connectivity index is 3.25. The van der Waals surface area contributed by atoms with Gasteiger partial charge in [0, 0.05) is 0 Å². The van der Waals surface area contributed by atoms with Crippen LogP contribution in [0.1, 0.15) is 39.5 Å². The quantitative estimate of drug-likeness (QED) is 0.495. The van der Waals surface area contributed by atoms with E-state index in [0.717, 1.165) is 3.90 Å². The maximum absolute atomic E-state index is 5.93. The molecule has 0 saturated heterocycles. The number of alkyl halides is 1.